The van der Waals surface area contributed by atoms with Gasteiger partial charge < -0.3 is 20.1 Å². The van der Waals surface area contributed by atoms with Gasteiger partial charge in [0.1, 0.15) is 6.54 Å². The fourth-order valence-corrected chi connectivity index (χ4v) is 2.48. The summed E-state index contributed by atoms with van der Waals surface area (Å²) < 4.78 is 3.12. The minimum absolute atomic E-state index is 0.0667. The van der Waals surface area contributed by atoms with Crippen LogP contribution in [0.25, 0.3) is 0 Å². The van der Waals surface area contributed by atoms with Gasteiger partial charge in [-0.05, 0) is 35.8 Å². The number of rotatable bonds is 6. The molecule has 0 aliphatic rings. The molecule has 0 aliphatic heterocycles. The minimum atomic E-state index is -0.0667. The number of aryl methyl sites for hydroxylation is 1. The molecule has 0 aliphatic carbocycles. The van der Waals surface area contributed by atoms with Crippen molar-refractivity contribution in [2.45, 2.75) is 20.4 Å². The lowest BCUT2D eigenvalue weighted by Crippen LogP contribution is -2.39. The number of carbonyl (C=O) groups excluding carboxylic acids is 1. The van der Waals surface area contributed by atoms with Crippen molar-refractivity contribution in [1.29, 1.82) is 0 Å². The quantitative estimate of drug-likeness (QED) is 0.596. The van der Waals surface area contributed by atoms with E-state index in [9.17, 15) is 4.79 Å². The fourth-order valence-electron chi connectivity index (χ4n) is 1.91. The Balaban J connectivity index is 2.72. The SMILES string of the molecule is CCNC(=O)CN=C(NCC)N(C)Cc1cc(Br)cn1C. The van der Waals surface area contributed by atoms with E-state index in [0.29, 0.717) is 13.1 Å². The van der Waals surface area contributed by atoms with Crippen molar-refractivity contribution in [3.05, 3.63) is 22.4 Å². The Morgan fingerprint density at radius 1 is 1.38 bits per heavy atom. The number of guanidine groups is 1. The molecule has 1 heterocycles. The summed E-state index contributed by atoms with van der Waals surface area (Å²) in [5.41, 5.74) is 1.16. The molecule has 21 heavy (non-hydrogen) atoms. The monoisotopic (exact) mass is 357 g/mol. The van der Waals surface area contributed by atoms with Crippen LogP contribution in [0, 0.1) is 0 Å². The molecule has 1 rings (SSSR count). The molecule has 0 atom stereocenters. The zero-order valence-electron chi connectivity index (χ0n) is 13.1. The van der Waals surface area contributed by atoms with E-state index in [0.717, 1.165) is 22.7 Å². The van der Waals surface area contributed by atoms with Gasteiger partial charge in [0.15, 0.2) is 5.96 Å². The van der Waals surface area contributed by atoms with Crippen molar-refractivity contribution in [2.75, 3.05) is 26.7 Å². The van der Waals surface area contributed by atoms with Crippen molar-refractivity contribution in [2.24, 2.45) is 12.0 Å². The van der Waals surface area contributed by atoms with Gasteiger partial charge in [-0.1, -0.05) is 0 Å². The summed E-state index contributed by atoms with van der Waals surface area (Å²) in [5.74, 6) is 0.656. The van der Waals surface area contributed by atoms with Crippen LogP contribution < -0.4 is 10.6 Å². The summed E-state index contributed by atoms with van der Waals surface area (Å²) in [6.45, 7) is 6.13. The number of nitrogens with one attached hydrogen (secondary N) is 2. The van der Waals surface area contributed by atoms with Gasteiger partial charge in [0.05, 0.1) is 6.54 Å². The number of aliphatic imine (C=N–C) groups is 1. The van der Waals surface area contributed by atoms with Crippen LogP contribution in [0.5, 0.6) is 0 Å². The normalized spacial score (nSPS) is 11.4. The lowest BCUT2D eigenvalue weighted by atomic mass is 10.4. The van der Waals surface area contributed by atoms with Gasteiger partial charge in [0, 0.05) is 43.5 Å². The molecule has 7 heteroatoms. The predicted molar refractivity (Wildman–Crippen MR) is 89.2 cm³/mol. The van der Waals surface area contributed by atoms with Crippen molar-refractivity contribution in [3.63, 3.8) is 0 Å². The number of hydrogen-bond donors (Lipinski definition) is 2. The second-order valence-corrected chi connectivity index (χ2v) is 5.66. The number of likely N-dealkylation sites (N-methyl/N-ethyl adjacent to an activating group) is 1. The van der Waals surface area contributed by atoms with Gasteiger partial charge in [0.25, 0.3) is 0 Å². The van der Waals surface area contributed by atoms with Gasteiger partial charge in [-0.25, -0.2) is 4.99 Å². The van der Waals surface area contributed by atoms with Crippen LogP contribution in [-0.4, -0.2) is 48.0 Å². The van der Waals surface area contributed by atoms with Crippen LogP contribution in [0.15, 0.2) is 21.7 Å². The van der Waals surface area contributed by atoms with Crippen LogP contribution in [0.2, 0.25) is 0 Å². The molecule has 1 amide bonds. The summed E-state index contributed by atoms with van der Waals surface area (Å²) in [4.78, 5) is 17.9. The zero-order chi connectivity index (χ0) is 15.8. The second-order valence-electron chi connectivity index (χ2n) is 4.74. The Morgan fingerprint density at radius 2 is 2.05 bits per heavy atom. The summed E-state index contributed by atoms with van der Waals surface area (Å²) in [5, 5.41) is 5.94. The highest BCUT2D eigenvalue weighted by Gasteiger charge is 2.10. The van der Waals surface area contributed by atoms with Crippen LogP contribution in [0.3, 0.4) is 0 Å². The summed E-state index contributed by atoms with van der Waals surface area (Å²) >= 11 is 3.47. The lowest BCUT2D eigenvalue weighted by molar-refractivity contribution is -0.119. The molecular formula is C14H24BrN5O. The summed E-state index contributed by atoms with van der Waals surface area (Å²) in [6.07, 6.45) is 2.02. The minimum Gasteiger partial charge on any atom is -0.357 e. The maximum absolute atomic E-state index is 11.5. The van der Waals surface area contributed by atoms with E-state index in [-0.39, 0.29) is 12.5 Å². The average molecular weight is 358 g/mol. The van der Waals surface area contributed by atoms with Crippen molar-refractivity contribution in [3.8, 4) is 0 Å². The van der Waals surface area contributed by atoms with Gasteiger partial charge in [-0.3, -0.25) is 4.79 Å². The average Bonchev–Trinajstić information content (AvgIpc) is 2.73. The van der Waals surface area contributed by atoms with Crippen LogP contribution in [-0.2, 0) is 18.4 Å². The Bertz CT molecular complexity index is 498. The van der Waals surface area contributed by atoms with Crippen LogP contribution >= 0.6 is 15.9 Å². The van der Waals surface area contributed by atoms with Crippen molar-refractivity contribution >= 4 is 27.8 Å². The molecule has 6 nitrogen and oxygen atoms in total. The van der Waals surface area contributed by atoms with Gasteiger partial charge in [-0.15, -0.1) is 0 Å². The Labute approximate surface area is 134 Å². The number of amides is 1. The van der Waals surface area contributed by atoms with E-state index in [1.807, 2.05) is 39.0 Å². The second kappa shape index (κ2) is 8.71. The lowest BCUT2D eigenvalue weighted by Gasteiger charge is -2.22. The van der Waals surface area contributed by atoms with Crippen LogP contribution in [0.4, 0.5) is 0 Å². The van der Waals surface area contributed by atoms with Gasteiger partial charge in [-0.2, -0.15) is 0 Å². The van der Waals surface area contributed by atoms with E-state index in [4.69, 9.17) is 0 Å². The van der Waals surface area contributed by atoms with E-state index in [1.165, 1.54) is 0 Å². The van der Waals surface area contributed by atoms with Gasteiger partial charge in [0.2, 0.25) is 5.91 Å². The summed E-state index contributed by atoms with van der Waals surface area (Å²) in [6, 6.07) is 2.07. The maximum Gasteiger partial charge on any atom is 0.241 e. The fraction of sp³-hybridized carbons (Fsp3) is 0.571. The molecular weight excluding hydrogens is 334 g/mol. The van der Waals surface area contributed by atoms with Crippen LogP contribution in [0.1, 0.15) is 19.5 Å². The first-order valence-corrected chi connectivity index (χ1v) is 7.84. The van der Waals surface area contributed by atoms with E-state index in [1.54, 1.807) is 0 Å². The van der Waals surface area contributed by atoms with Gasteiger partial charge >= 0.3 is 0 Å². The highest BCUT2D eigenvalue weighted by atomic mass is 79.9. The molecule has 0 bridgehead atoms. The standard InChI is InChI=1S/C14H24BrN5O/c1-5-16-13(21)8-18-14(17-6-2)20(4)10-12-7-11(15)9-19(12)3/h7,9H,5-6,8,10H2,1-4H3,(H,16,21)(H,17,18). The Kier molecular flexibility index (Phi) is 7.28. The molecule has 2 N–H and O–H groups in total. The third-order valence-corrected chi connectivity index (χ3v) is 3.35. The molecule has 118 valence electrons. The third-order valence-electron chi connectivity index (χ3n) is 2.92. The van der Waals surface area contributed by atoms with E-state index < -0.39 is 0 Å². The maximum atomic E-state index is 11.5. The Hall–Kier alpha value is -1.50. The largest absolute Gasteiger partial charge is 0.357 e. The highest BCUT2D eigenvalue weighted by molar-refractivity contribution is 9.10. The molecule has 0 aromatic carbocycles. The molecule has 0 fully saturated rings. The molecule has 0 spiro atoms. The van der Waals surface area contributed by atoms with E-state index in [2.05, 4.69) is 42.2 Å². The highest BCUT2D eigenvalue weighted by Crippen LogP contribution is 2.14. The first-order chi connectivity index (χ1) is 9.97. The molecule has 0 unspecified atom stereocenters. The predicted octanol–water partition coefficient (Wildman–Crippen LogP) is 1.32. The van der Waals surface area contributed by atoms with E-state index >= 15 is 0 Å². The summed E-state index contributed by atoms with van der Waals surface area (Å²) in [7, 11) is 3.97. The molecule has 0 saturated heterocycles. The first kappa shape index (κ1) is 17.6. The molecule has 0 saturated carbocycles. The number of halogens is 1. The molecule has 0 radical (unpaired) electrons. The number of hydrogen-bond acceptors (Lipinski definition) is 2. The topological polar surface area (TPSA) is 61.7 Å². The van der Waals surface area contributed by atoms with Crippen molar-refractivity contribution in [1.82, 2.24) is 20.1 Å². The number of carbonyl (C=O) groups is 1. The van der Waals surface area contributed by atoms with Crippen molar-refractivity contribution < 1.29 is 4.79 Å². The number of nitrogens with zero attached hydrogens (tertiary/aromatic N) is 3. The Morgan fingerprint density at radius 3 is 2.57 bits per heavy atom. The smallest absolute Gasteiger partial charge is 0.241 e. The first-order valence-electron chi connectivity index (χ1n) is 7.04. The molecule has 1 aromatic rings. The zero-order valence-corrected chi connectivity index (χ0v) is 14.7. The molecule has 1 aromatic heterocycles. The number of aromatic nitrogens is 1. The third kappa shape index (κ3) is 5.79.